The first-order chi connectivity index (χ1) is 8.77. The number of nitrogens with one attached hydrogen (secondary N) is 1. The maximum absolute atomic E-state index is 10.1. The Hall–Kier alpha value is -1.94. The summed E-state index contributed by atoms with van der Waals surface area (Å²) < 4.78 is 5.52. The van der Waals surface area contributed by atoms with Gasteiger partial charge in [0.2, 0.25) is 0 Å². The van der Waals surface area contributed by atoms with Crippen molar-refractivity contribution in [1.82, 2.24) is 10.2 Å². The van der Waals surface area contributed by atoms with Gasteiger partial charge in [0.05, 0.1) is 0 Å². The second kappa shape index (κ2) is 4.38. The molecule has 0 aromatic heterocycles. The molecule has 1 unspecified atom stereocenters. The lowest BCUT2D eigenvalue weighted by molar-refractivity contribution is 0.241. The number of nitrogens with zero attached hydrogens (tertiary/aromatic N) is 1. The van der Waals surface area contributed by atoms with E-state index in [-0.39, 0.29) is 12.8 Å². The summed E-state index contributed by atoms with van der Waals surface area (Å²) in [7, 11) is 2.03. The number of rotatable bonds is 1. The van der Waals surface area contributed by atoms with Gasteiger partial charge in [-0.25, -0.2) is 0 Å². The summed E-state index contributed by atoms with van der Waals surface area (Å²) in [6.07, 6.45) is 3.97. The third kappa shape index (κ3) is 1.75. The van der Waals surface area contributed by atoms with Gasteiger partial charge in [0, 0.05) is 17.7 Å². The van der Waals surface area contributed by atoms with Crippen molar-refractivity contribution in [1.29, 1.82) is 0 Å². The van der Waals surface area contributed by atoms with Crippen LogP contribution in [0.5, 0.6) is 5.75 Å². The lowest BCUT2D eigenvalue weighted by atomic mass is 9.97. The van der Waals surface area contributed by atoms with E-state index in [1.807, 2.05) is 37.5 Å². The zero-order valence-electron chi connectivity index (χ0n) is 10.3. The van der Waals surface area contributed by atoms with E-state index in [1.165, 1.54) is 0 Å². The highest BCUT2D eigenvalue weighted by atomic mass is 16.5. The molecule has 0 aliphatic carbocycles. The molecule has 0 radical (unpaired) electrons. The Labute approximate surface area is 106 Å². The van der Waals surface area contributed by atoms with E-state index in [2.05, 4.69) is 16.3 Å². The minimum absolute atomic E-state index is 0.0138. The molecule has 0 bridgehead atoms. The Kier molecular flexibility index (Phi) is 2.72. The molecular formula is C14H16N2O2. The van der Waals surface area contributed by atoms with Crippen LogP contribution in [0.15, 0.2) is 42.3 Å². The summed E-state index contributed by atoms with van der Waals surface area (Å²) in [5.41, 5.74) is 1.87. The second-order valence-electron chi connectivity index (χ2n) is 4.56. The molecule has 2 aliphatic rings. The molecule has 1 aromatic carbocycles. The van der Waals surface area contributed by atoms with Crippen molar-refractivity contribution in [2.75, 3.05) is 20.2 Å². The largest absolute Gasteiger partial charge is 0.508 e. The van der Waals surface area contributed by atoms with Gasteiger partial charge >= 0.3 is 0 Å². The van der Waals surface area contributed by atoms with Gasteiger partial charge in [-0.1, -0.05) is 24.3 Å². The topological polar surface area (TPSA) is 44.7 Å². The SMILES string of the molecule is CN1CC=CNC1C1=C(O)COc2ccccc21. The minimum atomic E-state index is -0.0138. The molecule has 0 saturated carbocycles. The quantitative estimate of drug-likeness (QED) is 0.789. The second-order valence-corrected chi connectivity index (χ2v) is 4.56. The van der Waals surface area contributed by atoms with E-state index in [1.54, 1.807) is 0 Å². The normalized spacial score (nSPS) is 23.3. The van der Waals surface area contributed by atoms with E-state index in [0.717, 1.165) is 23.4 Å². The van der Waals surface area contributed by atoms with E-state index in [0.29, 0.717) is 5.76 Å². The maximum atomic E-state index is 10.1. The smallest absolute Gasteiger partial charge is 0.145 e. The van der Waals surface area contributed by atoms with Gasteiger partial charge in [-0.3, -0.25) is 4.90 Å². The van der Waals surface area contributed by atoms with Crippen LogP contribution >= 0.6 is 0 Å². The summed E-state index contributed by atoms with van der Waals surface area (Å²) >= 11 is 0. The van der Waals surface area contributed by atoms with Crippen LogP contribution in [0.1, 0.15) is 5.56 Å². The zero-order chi connectivity index (χ0) is 12.5. The van der Waals surface area contributed by atoms with E-state index < -0.39 is 0 Å². The van der Waals surface area contributed by atoms with Gasteiger partial charge in [-0.2, -0.15) is 0 Å². The zero-order valence-corrected chi connectivity index (χ0v) is 10.3. The molecule has 1 aromatic rings. The third-order valence-electron chi connectivity index (χ3n) is 3.33. The molecule has 3 rings (SSSR count). The van der Waals surface area contributed by atoms with E-state index >= 15 is 0 Å². The summed E-state index contributed by atoms with van der Waals surface area (Å²) in [6, 6.07) is 7.81. The van der Waals surface area contributed by atoms with Gasteiger partial charge in [-0.15, -0.1) is 0 Å². The maximum Gasteiger partial charge on any atom is 0.145 e. The summed E-state index contributed by atoms with van der Waals surface area (Å²) in [5, 5.41) is 13.4. The van der Waals surface area contributed by atoms with Crippen LogP contribution in [0.25, 0.3) is 5.57 Å². The molecule has 1 atom stereocenters. The summed E-state index contributed by atoms with van der Waals surface area (Å²) in [6.45, 7) is 1.10. The lowest BCUT2D eigenvalue weighted by Gasteiger charge is -2.35. The first-order valence-corrected chi connectivity index (χ1v) is 6.03. The average Bonchev–Trinajstić information content (AvgIpc) is 2.40. The van der Waals surface area contributed by atoms with E-state index in [9.17, 15) is 5.11 Å². The fourth-order valence-corrected chi connectivity index (χ4v) is 2.41. The van der Waals surface area contributed by atoms with Crippen molar-refractivity contribution < 1.29 is 9.84 Å². The first kappa shape index (κ1) is 11.2. The molecule has 0 saturated heterocycles. The summed E-state index contributed by atoms with van der Waals surface area (Å²) in [5.74, 6) is 1.13. The van der Waals surface area contributed by atoms with Gasteiger partial charge in [0.25, 0.3) is 0 Å². The Morgan fingerprint density at radius 3 is 3.06 bits per heavy atom. The predicted octanol–water partition coefficient (Wildman–Crippen LogP) is 1.72. The molecule has 2 N–H and O–H groups in total. The van der Waals surface area contributed by atoms with Crippen molar-refractivity contribution in [3.05, 3.63) is 47.9 Å². The Morgan fingerprint density at radius 2 is 2.22 bits per heavy atom. The van der Waals surface area contributed by atoms with Crippen LogP contribution in [0, 0.1) is 0 Å². The number of benzene rings is 1. The van der Waals surface area contributed by atoms with E-state index in [4.69, 9.17) is 4.74 Å². The van der Waals surface area contributed by atoms with Gasteiger partial charge in [0.1, 0.15) is 24.3 Å². The van der Waals surface area contributed by atoms with Gasteiger partial charge < -0.3 is 15.2 Å². The Bertz CT molecular complexity index is 522. The number of para-hydroxylation sites is 1. The van der Waals surface area contributed by atoms with Crippen LogP contribution < -0.4 is 10.1 Å². The highest BCUT2D eigenvalue weighted by molar-refractivity contribution is 5.76. The molecule has 0 amide bonds. The fraction of sp³-hybridized carbons (Fsp3) is 0.286. The average molecular weight is 244 g/mol. The number of fused-ring (bicyclic) bond motifs is 1. The first-order valence-electron chi connectivity index (χ1n) is 6.03. The highest BCUT2D eigenvalue weighted by Gasteiger charge is 2.29. The fourth-order valence-electron chi connectivity index (χ4n) is 2.41. The predicted molar refractivity (Wildman–Crippen MR) is 70.2 cm³/mol. The van der Waals surface area contributed by atoms with Crippen molar-refractivity contribution >= 4 is 5.57 Å². The van der Waals surface area contributed by atoms with Crippen LogP contribution in [-0.4, -0.2) is 36.4 Å². The standard InChI is InChI=1S/C14H16N2O2/c1-16-8-4-7-15-14(16)13-10-5-2-3-6-12(10)18-9-11(13)17/h2-7,14-15,17H,8-9H2,1H3. The number of hydrogen-bond acceptors (Lipinski definition) is 4. The van der Waals surface area contributed by atoms with Crippen LogP contribution in [0.3, 0.4) is 0 Å². The molecule has 4 nitrogen and oxygen atoms in total. The van der Waals surface area contributed by atoms with Gasteiger partial charge in [0.15, 0.2) is 0 Å². The number of likely N-dealkylation sites (N-methyl/N-ethyl adjacent to an activating group) is 1. The molecular weight excluding hydrogens is 228 g/mol. The number of aliphatic hydroxyl groups excluding tert-OH is 1. The molecule has 2 aliphatic heterocycles. The van der Waals surface area contributed by atoms with Crippen LogP contribution in [0.4, 0.5) is 0 Å². The Balaban J connectivity index is 2.06. The number of aliphatic hydroxyl groups is 1. The molecule has 0 fully saturated rings. The molecule has 18 heavy (non-hydrogen) atoms. The van der Waals surface area contributed by atoms with Crippen LogP contribution in [0.2, 0.25) is 0 Å². The van der Waals surface area contributed by atoms with Gasteiger partial charge in [-0.05, 0) is 19.3 Å². The molecule has 2 heterocycles. The number of ether oxygens (including phenoxy) is 1. The lowest BCUT2D eigenvalue weighted by Crippen LogP contribution is -2.46. The van der Waals surface area contributed by atoms with Crippen LogP contribution in [-0.2, 0) is 0 Å². The van der Waals surface area contributed by atoms with Crippen molar-refractivity contribution in [2.24, 2.45) is 0 Å². The molecule has 0 spiro atoms. The highest BCUT2D eigenvalue weighted by Crippen LogP contribution is 2.35. The third-order valence-corrected chi connectivity index (χ3v) is 3.33. The molecule has 4 heteroatoms. The minimum Gasteiger partial charge on any atom is -0.508 e. The van der Waals surface area contributed by atoms with Crippen molar-refractivity contribution in [3.63, 3.8) is 0 Å². The summed E-state index contributed by atoms with van der Waals surface area (Å²) in [4.78, 5) is 2.15. The Morgan fingerprint density at radius 1 is 1.39 bits per heavy atom. The van der Waals surface area contributed by atoms with Crippen molar-refractivity contribution in [2.45, 2.75) is 6.17 Å². The number of hydrogen-bond donors (Lipinski definition) is 2. The monoisotopic (exact) mass is 244 g/mol. The van der Waals surface area contributed by atoms with Crippen molar-refractivity contribution in [3.8, 4) is 5.75 Å². The molecule has 94 valence electrons.